The second kappa shape index (κ2) is 11.5. The number of benzene rings is 2. The SMILES string of the molecule is C=CC(=O)N1CCn2nc(-c3nc(-c4ccc5ncn(C)c5c4)c4ccsc4c3-c3c(F)cc(F)cc3OC[C@@H](C)O)cc2[C@H]1C. The Kier molecular flexibility index (Phi) is 7.41. The van der Waals surface area contributed by atoms with Crippen molar-refractivity contribution in [2.45, 2.75) is 32.5 Å². The van der Waals surface area contributed by atoms with E-state index in [4.69, 9.17) is 14.8 Å². The molecule has 2 aromatic carbocycles. The summed E-state index contributed by atoms with van der Waals surface area (Å²) < 4.78 is 40.9. The zero-order chi connectivity index (χ0) is 32.3. The fourth-order valence-electron chi connectivity index (χ4n) is 6.09. The number of aliphatic hydroxyl groups excluding tert-OH is 1. The van der Waals surface area contributed by atoms with E-state index in [-0.39, 0.29) is 29.9 Å². The number of hydrogen-bond acceptors (Lipinski definition) is 7. The Morgan fingerprint density at radius 2 is 2.00 bits per heavy atom. The highest BCUT2D eigenvalue weighted by Crippen LogP contribution is 2.47. The van der Waals surface area contributed by atoms with Gasteiger partial charge < -0.3 is 19.3 Å². The lowest BCUT2D eigenvalue weighted by atomic mass is 9.96. The second-order valence-corrected chi connectivity index (χ2v) is 12.3. The largest absolute Gasteiger partial charge is 0.490 e. The van der Waals surface area contributed by atoms with E-state index in [2.05, 4.69) is 11.6 Å². The predicted molar refractivity (Wildman–Crippen MR) is 173 cm³/mol. The van der Waals surface area contributed by atoms with Gasteiger partial charge in [0, 0.05) is 46.9 Å². The first kappa shape index (κ1) is 29.8. The van der Waals surface area contributed by atoms with Gasteiger partial charge in [0.15, 0.2) is 0 Å². The van der Waals surface area contributed by atoms with Crippen molar-refractivity contribution < 1.29 is 23.4 Å². The first-order valence-corrected chi connectivity index (χ1v) is 15.7. The van der Waals surface area contributed by atoms with E-state index >= 15 is 4.39 Å². The molecule has 0 radical (unpaired) electrons. The summed E-state index contributed by atoms with van der Waals surface area (Å²) in [6, 6.07) is 11.3. The zero-order valence-electron chi connectivity index (χ0n) is 25.4. The molecule has 0 saturated carbocycles. The standard InChI is InChI=1S/C34H30F2N6O3S/c1-5-29(44)41-9-10-42-26(19(41)3)15-25(39-42)33-31(30-23(36)13-21(35)14-28(30)45-16-18(2)43)34-22(8-11-46-34)32(38-33)20-6-7-24-27(12-20)40(4)17-37-24/h5-8,11-15,17-19,43H,1,9-10,16H2,2-4H3/t18-,19-/m1/s1. The van der Waals surface area contributed by atoms with Gasteiger partial charge in [-0.05, 0) is 49.6 Å². The van der Waals surface area contributed by atoms with Gasteiger partial charge in [0.25, 0.3) is 0 Å². The van der Waals surface area contributed by atoms with Gasteiger partial charge in [-0.2, -0.15) is 5.10 Å². The summed E-state index contributed by atoms with van der Waals surface area (Å²) in [5.74, 6) is -1.87. The third-order valence-corrected chi connectivity index (χ3v) is 9.25. The number of ether oxygens (including phenoxy) is 1. The molecule has 46 heavy (non-hydrogen) atoms. The van der Waals surface area contributed by atoms with E-state index in [0.29, 0.717) is 40.4 Å². The van der Waals surface area contributed by atoms with Crippen molar-refractivity contribution in [3.05, 3.63) is 84.2 Å². The molecule has 9 nitrogen and oxygen atoms in total. The smallest absolute Gasteiger partial charge is 0.246 e. The minimum absolute atomic E-state index is 0.0214. The lowest BCUT2D eigenvalue weighted by molar-refractivity contribution is -0.129. The van der Waals surface area contributed by atoms with Crippen LogP contribution in [0.25, 0.3) is 54.9 Å². The molecule has 0 unspecified atom stereocenters. The van der Waals surface area contributed by atoms with Crippen molar-refractivity contribution >= 4 is 38.4 Å². The average molecular weight is 641 g/mol. The highest BCUT2D eigenvalue weighted by atomic mass is 32.1. The molecule has 12 heteroatoms. The molecule has 2 atom stereocenters. The molecule has 0 spiro atoms. The van der Waals surface area contributed by atoms with Crippen molar-refractivity contribution in [2.75, 3.05) is 13.2 Å². The molecule has 1 amide bonds. The Labute approximate surface area is 267 Å². The van der Waals surface area contributed by atoms with Crippen molar-refractivity contribution in [3.63, 3.8) is 0 Å². The quantitative estimate of drug-likeness (QED) is 0.200. The number of hydrogen-bond donors (Lipinski definition) is 1. The molecule has 7 rings (SSSR count). The molecular weight excluding hydrogens is 610 g/mol. The van der Waals surface area contributed by atoms with E-state index in [1.807, 2.05) is 58.9 Å². The number of fused-ring (bicyclic) bond motifs is 3. The third-order valence-electron chi connectivity index (χ3n) is 8.32. The number of halogens is 2. The maximum atomic E-state index is 16.0. The average Bonchev–Trinajstić information content (AvgIpc) is 3.78. The number of aliphatic hydroxyl groups is 1. The van der Waals surface area contributed by atoms with Gasteiger partial charge >= 0.3 is 0 Å². The number of imidazole rings is 1. The number of pyridine rings is 1. The molecule has 5 heterocycles. The minimum atomic E-state index is -0.870. The van der Waals surface area contributed by atoms with Gasteiger partial charge in [0.05, 0.1) is 53.0 Å². The zero-order valence-corrected chi connectivity index (χ0v) is 26.2. The lowest BCUT2D eigenvalue weighted by Crippen LogP contribution is -2.40. The Morgan fingerprint density at radius 3 is 2.78 bits per heavy atom. The fraction of sp³-hybridized carbons (Fsp3) is 0.235. The summed E-state index contributed by atoms with van der Waals surface area (Å²) in [4.78, 5) is 23.9. The predicted octanol–water partition coefficient (Wildman–Crippen LogP) is 6.51. The number of carbonyl (C=O) groups excluding carboxylic acids is 1. The van der Waals surface area contributed by atoms with Gasteiger partial charge in [-0.25, -0.2) is 18.7 Å². The molecule has 1 aliphatic rings. The summed E-state index contributed by atoms with van der Waals surface area (Å²) >= 11 is 1.40. The van der Waals surface area contributed by atoms with Crippen LogP contribution in [0.4, 0.5) is 8.78 Å². The first-order valence-electron chi connectivity index (χ1n) is 14.8. The molecule has 1 N–H and O–H groups in total. The van der Waals surface area contributed by atoms with Crippen LogP contribution in [0.2, 0.25) is 0 Å². The van der Waals surface area contributed by atoms with E-state index in [1.165, 1.54) is 24.3 Å². The summed E-state index contributed by atoms with van der Waals surface area (Å²) in [7, 11) is 1.92. The van der Waals surface area contributed by atoms with Crippen molar-refractivity contribution in [1.82, 2.24) is 29.2 Å². The number of carbonyl (C=O) groups is 1. The Morgan fingerprint density at radius 1 is 1.17 bits per heavy atom. The monoisotopic (exact) mass is 640 g/mol. The summed E-state index contributed by atoms with van der Waals surface area (Å²) in [5.41, 5.74) is 5.30. The highest BCUT2D eigenvalue weighted by molar-refractivity contribution is 7.18. The number of nitrogens with zero attached hydrogens (tertiary/aromatic N) is 6. The Hall–Kier alpha value is -4.94. The van der Waals surface area contributed by atoms with Crippen LogP contribution < -0.4 is 4.74 Å². The van der Waals surface area contributed by atoms with Crippen LogP contribution in [-0.2, 0) is 18.4 Å². The molecule has 4 aromatic heterocycles. The third kappa shape index (κ3) is 4.94. The fourth-order valence-corrected chi connectivity index (χ4v) is 7.04. The van der Waals surface area contributed by atoms with E-state index < -0.39 is 17.7 Å². The Bertz CT molecular complexity index is 2170. The molecule has 0 saturated heterocycles. The molecule has 234 valence electrons. The molecule has 6 aromatic rings. The number of rotatable bonds is 7. The Balaban J connectivity index is 1.52. The van der Waals surface area contributed by atoms with Gasteiger partial charge in [-0.3, -0.25) is 9.48 Å². The molecule has 0 aliphatic carbocycles. The number of thiophene rings is 1. The van der Waals surface area contributed by atoms with Crippen molar-refractivity contribution in [2.24, 2.45) is 7.05 Å². The topological polar surface area (TPSA) is 98.3 Å². The van der Waals surface area contributed by atoms with Crippen molar-refractivity contribution in [3.8, 4) is 39.5 Å². The normalized spacial score (nSPS) is 15.3. The second-order valence-electron chi connectivity index (χ2n) is 11.4. The molecule has 0 fully saturated rings. The van der Waals surface area contributed by atoms with Crippen LogP contribution in [-0.4, -0.2) is 59.5 Å². The summed E-state index contributed by atoms with van der Waals surface area (Å²) in [5, 5.41) is 17.5. The van der Waals surface area contributed by atoms with Gasteiger partial charge in [0.1, 0.15) is 35.4 Å². The van der Waals surface area contributed by atoms with Gasteiger partial charge in [-0.15, -0.1) is 11.3 Å². The van der Waals surface area contributed by atoms with E-state index in [0.717, 1.165) is 39.8 Å². The van der Waals surface area contributed by atoms with Gasteiger partial charge in [-0.1, -0.05) is 12.6 Å². The summed E-state index contributed by atoms with van der Waals surface area (Å²) in [6.45, 7) is 7.82. The number of aryl methyl sites for hydroxylation is 1. The van der Waals surface area contributed by atoms with Crippen LogP contribution in [0.1, 0.15) is 25.6 Å². The first-order chi connectivity index (χ1) is 22.1. The van der Waals surface area contributed by atoms with Crippen LogP contribution in [0.3, 0.4) is 0 Å². The van der Waals surface area contributed by atoms with Crippen LogP contribution in [0.15, 0.2) is 66.8 Å². The molecule has 1 aliphatic heterocycles. The van der Waals surface area contributed by atoms with E-state index in [1.54, 1.807) is 11.2 Å². The summed E-state index contributed by atoms with van der Waals surface area (Å²) in [6.07, 6.45) is 2.18. The van der Waals surface area contributed by atoms with E-state index in [9.17, 15) is 14.3 Å². The van der Waals surface area contributed by atoms with Crippen molar-refractivity contribution in [1.29, 1.82) is 0 Å². The molecular formula is C34H30F2N6O3S. The maximum Gasteiger partial charge on any atom is 0.246 e. The minimum Gasteiger partial charge on any atom is -0.490 e. The number of amides is 1. The highest BCUT2D eigenvalue weighted by Gasteiger charge is 2.31. The lowest BCUT2D eigenvalue weighted by Gasteiger charge is -2.33. The van der Waals surface area contributed by atoms with Crippen LogP contribution in [0.5, 0.6) is 5.75 Å². The molecule has 0 bridgehead atoms. The van der Waals surface area contributed by atoms with Crippen LogP contribution >= 0.6 is 11.3 Å². The maximum absolute atomic E-state index is 16.0. The number of aromatic nitrogens is 5. The van der Waals surface area contributed by atoms with Crippen LogP contribution in [0, 0.1) is 11.6 Å². The van der Waals surface area contributed by atoms with Gasteiger partial charge in [0.2, 0.25) is 5.91 Å².